The van der Waals surface area contributed by atoms with Crippen LogP contribution in [-0.4, -0.2) is 72.9 Å². The molecule has 4 aliphatic carbocycles. The lowest BCUT2D eigenvalue weighted by molar-refractivity contribution is -0.216. The minimum absolute atomic E-state index is 0.0249. The summed E-state index contributed by atoms with van der Waals surface area (Å²) in [5, 5.41) is 11.7. The molecule has 0 unspecified atom stereocenters. The third-order valence-corrected chi connectivity index (χ3v) is 10.4. The minimum atomic E-state index is -1.30. The van der Waals surface area contributed by atoms with Crippen molar-refractivity contribution in [3.05, 3.63) is 23.8 Å². The molecule has 7 atom stereocenters. The van der Waals surface area contributed by atoms with E-state index in [1.165, 1.54) is 6.92 Å². The summed E-state index contributed by atoms with van der Waals surface area (Å²) in [6.45, 7) is 5.41. The summed E-state index contributed by atoms with van der Waals surface area (Å²) in [4.78, 5) is 36.2. The number of carbonyl (C=O) groups is 3. The van der Waals surface area contributed by atoms with Crippen molar-refractivity contribution in [2.24, 2.45) is 22.7 Å². The summed E-state index contributed by atoms with van der Waals surface area (Å²) in [5.41, 5.74) is -1.79. The second kappa shape index (κ2) is 9.95. The highest BCUT2D eigenvalue weighted by atomic mass is 35.5. The molecule has 0 saturated heterocycles. The number of aliphatic hydroxyl groups excluding tert-OH is 1. The Morgan fingerprint density at radius 2 is 1.94 bits per heavy atom. The van der Waals surface area contributed by atoms with Gasteiger partial charge in [0.1, 0.15) is 12.4 Å². The van der Waals surface area contributed by atoms with Crippen LogP contribution in [0.15, 0.2) is 23.8 Å². The van der Waals surface area contributed by atoms with Crippen molar-refractivity contribution >= 4 is 29.1 Å². The predicted molar refractivity (Wildman–Crippen MR) is 131 cm³/mol. The summed E-state index contributed by atoms with van der Waals surface area (Å²) in [5.74, 6) is -1.08. The molecule has 1 N–H and O–H groups in total. The average Bonchev–Trinajstić information content (AvgIpc) is 3.11. The van der Waals surface area contributed by atoms with Gasteiger partial charge in [-0.2, -0.15) is 0 Å². The van der Waals surface area contributed by atoms with Crippen LogP contribution in [0.2, 0.25) is 0 Å². The van der Waals surface area contributed by atoms with Gasteiger partial charge in [-0.1, -0.05) is 25.5 Å². The van der Waals surface area contributed by atoms with Crippen LogP contribution in [-0.2, 0) is 33.3 Å². The van der Waals surface area contributed by atoms with Gasteiger partial charge < -0.3 is 24.1 Å². The molecule has 9 heteroatoms. The van der Waals surface area contributed by atoms with Crippen LogP contribution in [0.4, 0.5) is 0 Å². The molecule has 0 aliphatic heterocycles. The van der Waals surface area contributed by atoms with Crippen molar-refractivity contribution in [2.45, 2.75) is 69.5 Å². The topological polar surface area (TPSA) is 108 Å². The number of carbonyl (C=O) groups excluding carboxylic acids is 3. The number of alkyl halides is 1. The number of rotatable bonds is 9. The number of halogens is 1. The first-order valence-corrected chi connectivity index (χ1v) is 13.0. The van der Waals surface area contributed by atoms with Crippen molar-refractivity contribution in [1.82, 2.24) is 0 Å². The molecule has 0 aromatic rings. The number of esters is 1. The zero-order valence-electron chi connectivity index (χ0n) is 21.5. The fourth-order valence-electron chi connectivity index (χ4n) is 7.60. The Bertz CT molecular complexity index is 977. The minimum Gasteiger partial charge on any atom is -0.458 e. The molecule has 0 radical (unpaired) electrons. The number of fused-ring (bicyclic) bond motifs is 5. The van der Waals surface area contributed by atoms with Gasteiger partial charge >= 0.3 is 5.97 Å². The molecule has 0 aromatic heterocycles. The molecule has 0 heterocycles. The lowest BCUT2D eigenvalue weighted by Gasteiger charge is -2.64. The van der Waals surface area contributed by atoms with Gasteiger partial charge in [-0.25, -0.2) is 0 Å². The Morgan fingerprint density at radius 3 is 2.64 bits per heavy atom. The summed E-state index contributed by atoms with van der Waals surface area (Å²) >= 11 is 7.47. The van der Waals surface area contributed by atoms with Crippen LogP contribution in [0, 0.1) is 22.7 Å². The van der Waals surface area contributed by atoms with Crippen LogP contribution in [0.3, 0.4) is 0 Å². The highest BCUT2D eigenvalue weighted by molar-refractivity contribution is 6.26. The van der Waals surface area contributed by atoms with E-state index in [-0.39, 0.29) is 36.6 Å². The fraction of sp³-hybridized carbons (Fsp3) is 0.741. The van der Waals surface area contributed by atoms with E-state index in [4.69, 9.17) is 30.5 Å². The maximum absolute atomic E-state index is 13.7. The molecule has 0 amide bonds. The van der Waals surface area contributed by atoms with E-state index in [0.29, 0.717) is 38.9 Å². The van der Waals surface area contributed by atoms with E-state index >= 15 is 0 Å². The second-order valence-electron chi connectivity index (χ2n) is 11.0. The predicted octanol–water partition coefficient (Wildman–Crippen LogP) is 3.13. The molecule has 4 rings (SSSR count). The van der Waals surface area contributed by atoms with Crippen LogP contribution in [0.5, 0.6) is 0 Å². The van der Waals surface area contributed by atoms with Crippen LogP contribution < -0.4 is 0 Å². The lowest BCUT2D eigenvalue weighted by atomic mass is 9.45. The van der Waals surface area contributed by atoms with Gasteiger partial charge in [0.05, 0.1) is 24.2 Å². The second-order valence-corrected chi connectivity index (χ2v) is 11.6. The maximum atomic E-state index is 13.7. The molecule has 0 bridgehead atoms. The van der Waals surface area contributed by atoms with E-state index in [1.54, 1.807) is 19.3 Å². The van der Waals surface area contributed by atoms with E-state index in [1.807, 2.05) is 19.9 Å². The van der Waals surface area contributed by atoms with Gasteiger partial charge in [0.2, 0.25) is 5.78 Å². The molecule has 200 valence electrons. The van der Waals surface area contributed by atoms with Crippen molar-refractivity contribution in [3.63, 3.8) is 0 Å². The zero-order chi connectivity index (χ0) is 26.4. The Morgan fingerprint density at radius 1 is 1.19 bits per heavy atom. The van der Waals surface area contributed by atoms with Crippen LogP contribution >= 0.6 is 11.6 Å². The van der Waals surface area contributed by atoms with E-state index in [9.17, 15) is 19.5 Å². The number of hydrogen-bond acceptors (Lipinski definition) is 8. The summed E-state index contributed by atoms with van der Waals surface area (Å²) in [7, 11) is 1.57. The Hall–Kier alpha value is -1.58. The van der Waals surface area contributed by atoms with Crippen molar-refractivity contribution in [1.29, 1.82) is 0 Å². The van der Waals surface area contributed by atoms with E-state index < -0.39 is 40.0 Å². The number of allylic oxidation sites excluding steroid dienone is 4. The number of hydrogen-bond donors (Lipinski definition) is 1. The molecule has 3 fully saturated rings. The highest BCUT2D eigenvalue weighted by Gasteiger charge is 2.73. The largest absolute Gasteiger partial charge is 0.458 e. The van der Waals surface area contributed by atoms with E-state index in [2.05, 4.69) is 0 Å². The Kier molecular flexibility index (Phi) is 7.59. The third kappa shape index (κ3) is 4.00. The SMILES string of the molecule is COCCOCO[C@]1(C(=O)COC(C)=O)CC[C@H]2[C@@H]3CCC4=CC(=O)C=C[C@]4(C)[C@@]3(Cl)[C@@H](O)C[C@@]21C. The van der Waals surface area contributed by atoms with Crippen molar-refractivity contribution < 1.29 is 38.4 Å². The van der Waals surface area contributed by atoms with Gasteiger partial charge in [0.25, 0.3) is 0 Å². The zero-order valence-corrected chi connectivity index (χ0v) is 22.3. The fourth-order valence-corrected chi connectivity index (χ4v) is 8.12. The molecule has 8 nitrogen and oxygen atoms in total. The highest BCUT2D eigenvalue weighted by Crippen LogP contribution is 2.71. The number of aliphatic hydroxyl groups is 1. The molecule has 0 aromatic carbocycles. The van der Waals surface area contributed by atoms with Crippen molar-refractivity contribution in [3.8, 4) is 0 Å². The lowest BCUT2D eigenvalue weighted by Crippen LogP contribution is -2.69. The smallest absolute Gasteiger partial charge is 0.303 e. The quantitative estimate of drug-likeness (QED) is 0.212. The van der Waals surface area contributed by atoms with E-state index in [0.717, 1.165) is 5.57 Å². The average molecular weight is 525 g/mol. The molecule has 36 heavy (non-hydrogen) atoms. The summed E-state index contributed by atoms with van der Waals surface area (Å²) < 4.78 is 21.9. The van der Waals surface area contributed by atoms with Crippen molar-refractivity contribution in [2.75, 3.05) is 33.7 Å². The van der Waals surface area contributed by atoms with Gasteiger partial charge in [-0.3, -0.25) is 14.4 Å². The molecule has 3 saturated carbocycles. The Labute approximate surface area is 217 Å². The maximum Gasteiger partial charge on any atom is 0.303 e. The number of Topliss-reactive ketones (excluding diaryl/α,β-unsaturated/α-hetero) is 1. The first-order chi connectivity index (χ1) is 17.0. The summed E-state index contributed by atoms with van der Waals surface area (Å²) in [6.07, 6.45) is 6.78. The van der Waals surface area contributed by atoms with Gasteiger partial charge in [-0.05, 0) is 56.1 Å². The third-order valence-electron chi connectivity index (χ3n) is 9.44. The monoisotopic (exact) mass is 524 g/mol. The van der Waals surface area contributed by atoms with Gasteiger partial charge in [0.15, 0.2) is 12.4 Å². The van der Waals surface area contributed by atoms with Crippen LogP contribution in [0.25, 0.3) is 0 Å². The van der Waals surface area contributed by atoms with Gasteiger partial charge in [0, 0.05) is 24.9 Å². The normalized spacial score (nSPS) is 41.2. The standard InChI is InChI=1S/C27H37ClO8/c1-17(29)35-15-23(32)26(36-16-34-12-11-33-4)10-8-20-21-6-5-18-13-19(30)7-9-24(18,2)27(21,28)22(31)14-25(20,26)3/h7,9,13,20-22,31H,5-6,8,10-12,14-16H2,1-4H3/t20-,21-,22-,24-,25-,26-,27-/m0/s1. The molecular formula is C27H37ClO8. The number of ether oxygens (including phenoxy) is 4. The number of ketones is 2. The first kappa shape index (κ1) is 27.5. The molecular weight excluding hydrogens is 488 g/mol. The molecule has 0 spiro atoms. The van der Waals surface area contributed by atoms with Gasteiger partial charge in [-0.15, -0.1) is 11.6 Å². The summed E-state index contributed by atoms with van der Waals surface area (Å²) in [6, 6.07) is 0. The Balaban J connectivity index is 1.69. The number of methoxy groups -OCH3 is 1. The first-order valence-electron chi connectivity index (χ1n) is 12.6. The molecule has 4 aliphatic rings. The van der Waals surface area contributed by atoms with Crippen LogP contribution in [0.1, 0.15) is 52.9 Å².